The topological polar surface area (TPSA) is 38.3 Å². The highest BCUT2D eigenvalue weighted by atomic mass is 16.5. The second-order valence-electron chi connectivity index (χ2n) is 4.53. The van der Waals surface area contributed by atoms with Crippen molar-refractivity contribution in [1.82, 2.24) is 5.32 Å². The summed E-state index contributed by atoms with van der Waals surface area (Å²) in [6, 6.07) is -0.127. The fraction of sp³-hybridized carbons (Fsp3) is 0.909. The Balaban J connectivity index is 2.30. The first-order chi connectivity index (χ1) is 6.61. The molecule has 1 unspecified atom stereocenters. The highest BCUT2D eigenvalue weighted by Crippen LogP contribution is 2.39. The van der Waals surface area contributed by atoms with E-state index in [0.717, 1.165) is 13.0 Å². The summed E-state index contributed by atoms with van der Waals surface area (Å²) in [5, 5.41) is 3.29. The fourth-order valence-electron chi connectivity index (χ4n) is 1.86. The number of ether oxygens (including phenoxy) is 1. The summed E-state index contributed by atoms with van der Waals surface area (Å²) in [5.41, 5.74) is 0.418. The standard InChI is InChI=1S/C11H21NO2/c1-4-9(10(13)14-3)12-8-11(2)6-5-7-11/h9,12H,4-8H2,1-3H3. The molecule has 0 aliphatic heterocycles. The Kier molecular flexibility index (Phi) is 3.93. The van der Waals surface area contributed by atoms with Crippen LogP contribution in [0.3, 0.4) is 0 Å². The molecule has 0 bridgehead atoms. The molecule has 0 spiro atoms. The smallest absolute Gasteiger partial charge is 0.322 e. The normalized spacial score (nSPS) is 21.1. The number of hydrogen-bond acceptors (Lipinski definition) is 3. The van der Waals surface area contributed by atoms with Crippen LogP contribution >= 0.6 is 0 Å². The van der Waals surface area contributed by atoms with Crippen molar-refractivity contribution in [2.24, 2.45) is 5.41 Å². The average Bonchev–Trinajstić information content (AvgIpc) is 2.15. The molecule has 0 radical (unpaired) electrons. The van der Waals surface area contributed by atoms with Gasteiger partial charge in [-0.05, 0) is 24.7 Å². The molecule has 3 heteroatoms. The van der Waals surface area contributed by atoms with Crippen LogP contribution in [-0.4, -0.2) is 25.7 Å². The Morgan fingerprint density at radius 2 is 2.21 bits per heavy atom. The minimum atomic E-state index is -0.143. The zero-order valence-electron chi connectivity index (χ0n) is 9.43. The first kappa shape index (κ1) is 11.5. The van der Waals surface area contributed by atoms with Crippen LogP contribution in [-0.2, 0) is 9.53 Å². The van der Waals surface area contributed by atoms with E-state index in [-0.39, 0.29) is 12.0 Å². The van der Waals surface area contributed by atoms with Crippen LogP contribution in [0.15, 0.2) is 0 Å². The van der Waals surface area contributed by atoms with Gasteiger partial charge in [0.15, 0.2) is 0 Å². The van der Waals surface area contributed by atoms with Gasteiger partial charge in [-0.25, -0.2) is 0 Å². The number of methoxy groups -OCH3 is 1. The number of hydrogen-bond donors (Lipinski definition) is 1. The third-order valence-electron chi connectivity index (χ3n) is 3.23. The van der Waals surface area contributed by atoms with E-state index in [1.807, 2.05) is 6.92 Å². The van der Waals surface area contributed by atoms with E-state index in [4.69, 9.17) is 4.74 Å². The lowest BCUT2D eigenvalue weighted by Gasteiger charge is -2.39. The Morgan fingerprint density at radius 3 is 2.57 bits per heavy atom. The Bertz CT molecular complexity index is 199. The van der Waals surface area contributed by atoms with Gasteiger partial charge in [-0.15, -0.1) is 0 Å². The van der Waals surface area contributed by atoms with Crippen LogP contribution in [0.2, 0.25) is 0 Å². The second-order valence-corrected chi connectivity index (χ2v) is 4.53. The predicted molar refractivity (Wildman–Crippen MR) is 56.1 cm³/mol. The van der Waals surface area contributed by atoms with Crippen molar-refractivity contribution in [3.63, 3.8) is 0 Å². The minimum absolute atomic E-state index is 0.127. The third kappa shape index (κ3) is 2.71. The largest absolute Gasteiger partial charge is 0.468 e. The van der Waals surface area contributed by atoms with Crippen LogP contribution in [0.5, 0.6) is 0 Å². The molecule has 82 valence electrons. The summed E-state index contributed by atoms with van der Waals surface area (Å²) in [7, 11) is 1.44. The van der Waals surface area contributed by atoms with Crippen molar-refractivity contribution < 1.29 is 9.53 Å². The van der Waals surface area contributed by atoms with E-state index in [1.165, 1.54) is 26.4 Å². The lowest BCUT2D eigenvalue weighted by Crippen LogP contribution is -2.45. The summed E-state index contributed by atoms with van der Waals surface area (Å²) in [4.78, 5) is 11.3. The molecule has 0 amide bonds. The Labute approximate surface area is 86.2 Å². The van der Waals surface area contributed by atoms with Gasteiger partial charge in [-0.1, -0.05) is 20.3 Å². The molecule has 1 aliphatic rings. The van der Waals surface area contributed by atoms with E-state index in [1.54, 1.807) is 0 Å². The first-order valence-electron chi connectivity index (χ1n) is 5.42. The summed E-state index contributed by atoms with van der Waals surface area (Å²) >= 11 is 0. The summed E-state index contributed by atoms with van der Waals surface area (Å²) in [6.45, 7) is 5.20. The molecular weight excluding hydrogens is 178 g/mol. The van der Waals surface area contributed by atoms with Gasteiger partial charge in [-0.3, -0.25) is 4.79 Å². The van der Waals surface area contributed by atoms with E-state index in [2.05, 4.69) is 12.2 Å². The molecular formula is C11H21NO2. The van der Waals surface area contributed by atoms with Crippen molar-refractivity contribution in [2.75, 3.05) is 13.7 Å². The lowest BCUT2D eigenvalue weighted by atomic mass is 9.70. The van der Waals surface area contributed by atoms with Gasteiger partial charge in [0.1, 0.15) is 6.04 Å². The van der Waals surface area contributed by atoms with Crippen LogP contribution in [0.4, 0.5) is 0 Å². The maximum Gasteiger partial charge on any atom is 0.322 e. The van der Waals surface area contributed by atoms with Crippen molar-refractivity contribution >= 4 is 5.97 Å². The summed E-state index contributed by atoms with van der Waals surface area (Å²) in [5.74, 6) is -0.143. The maximum atomic E-state index is 11.3. The third-order valence-corrected chi connectivity index (χ3v) is 3.23. The minimum Gasteiger partial charge on any atom is -0.468 e. The number of carbonyl (C=O) groups excluding carboxylic acids is 1. The van der Waals surface area contributed by atoms with Crippen LogP contribution in [0, 0.1) is 5.41 Å². The van der Waals surface area contributed by atoms with Crippen LogP contribution in [0.25, 0.3) is 0 Å². The molecule has 1 aliphatic carbocycles. The quantitative estimate of drug-likeness (QED) is 0.685. The van der Waals surface area contributed by atoms with Crippen molar-refractivity contribution in [2.45, 2.75) is 45.6 Å². The highest BCUT2D eigenvalue weighted by molar-refractivity contribution is 5.75. The van der Waals surface area contributed by atoms with Gasteiger partial charge in [0.2, 0.25) is 0 Å². The molecule has 14 heavy (non-hydrogen) atoms. The van der Waals surface area contributed by atoms with Crippen LogP contribution < -0.4 is 5.32 Å². The molecule has 1 saturated carbocycles. The second kappa shape index (κ2) is 4.78. The summed E-state index contributed by atoms with van der Waals surface area (Å²) in [6.07, 6.45) is 4.67. The molecule has 0 aromatic heterocycles. The molecule has 0 heterocycles. The van der Waals surface area contributed by atoms with Gasteiger partial charge < -0.3 is 10.1 Å². The molecule has 0 aromatic rings. The van der Waals surface area contributed by atoms with Gasteiger partial charge >= 0.3 is 5.97 Å². The predicted octanol–water partition coefficient (Wildman–Crippen LogP) is 1.72. The molecule has 0 saturated heterocycles. The number of nitrogens with one attached hydrogen (secondary N) is 1. The number of carbonyl (C=O) groups is 1. The van der Waals surface area contributed by atoms with Gasteiger partial charge in [0, 0.05) is 6.54 Å². The van der Waals surface area contributed by atoms with E-state index >= 15 is 0 Å². The Morgan fingerprint density at radius 1 is 1.57 bits per heavy atom. The molecule has 1 atom stereocenters. The SMILES string of the molecule is CCC(NCC1(C)CCC1)C(=O)OC. The average molecular weight is 199 g/mol. The van der Waals surface area contributed by atoms with Crippen molar-refractivity contribution in [3.05, 3.63) is 0 Å². The molecule has 1 rings (SSSR count). The molecule has 1 N–H and O–H groups in total. The zero-order valence-corrected chi connectivity index (χ0v) is 9.43. The van der Waals surface area contributed by atoms with E-state index in [0.29, 0.717) is 5.41 Å². The monoisotopic (exact) mass is 199 g/mol. The Hall–Kier alpha value is -0.570. The maximum absolute atomic E-state index is 11.3. The van der Waals surface area contributed by atoms with Gasteiger partial charge in [0.25, 0.3) is 0 Å². The first-order valence-corrected chi connectivity index (χ1v) is 5.42. The summed E-state index contributed by atoms with van der Waals surface area (Å²) < 4.78 is 4.72. The highest BCUT2D eigenvalue weighted by Gasteiger charge is 2.32. The van der Waals surface area contributed by atoms with Crippen molar-refractivity contribution in [3.8, 4) is 0 Å². The van der Waals surface area contributed by atoms with Crippen molar-refractivity contribution in [1.29, 1.82) is 0 Å². The van der Waals surface area contributed by atoms with Gasteiger partial charge in [0.05, 0.1) is 7.11 Å². The van der Waals surface area contributed by atoms with Crippen LogP contribution in [0.1, 0.15) is 39.5 Å². The van der Waals surface area contributed by atoms with Gasteiger partial charge in [-0.2, -0.15) is 0 Å². The zero-order chi connectivity index (χ0) is 10.6. The molecule has 3 nitrogen and oxygen atoms in total. The number of esters is 1. The molecule has 0 aromatic carbocycles. The molecule has 1 fully saturated rings. The lowest BCUT2D eigenvalue weighted by molar-refractivity contribution is -0.143. The fourth-order valence-corrected chi connectivity index (χ4v) is 1.86. The van der Waals surface area contributed by atoms with E-state index < -0.39 is 0 Å². The number of rotatable bonds is 5. The van der Waals surface area contributed by atoms with E-state index in [9.17, 15) is 4.79 Å².